The third-order valence-corrected chi connectivity index (χ3v) is 3.05. The summed E-state index contributed by atoms with van der Waals surface area (Å²) in [6.07, 6.45) is 0. The van der Waals surface area contributed by atoms with Crippen LogP contribution in [0, 0.1) is 5.82 Å². The van der Waals surface area contributed by atoms with Gasteiger partial charge in [-0.25, -0.2) is 9.18 Å². The maximum Gasteiger partial charge on any atom is 0.337 e. The maximum absolute atomic E-state index is 13.0. The van der Waals surface area contributed by atoms with Crippen LogP contribution in [0.5, 0.6) is 0 Å². The van der Waals surface area contributed by atoms with Crippen molar-refractivity contribution in [3.8, 4) is 0 Å². The average Bonchev–Trinajstić information content (AvgIpc) is 2.39. The van der Waals surface area contributed by atoms with E-state index in [1.165, 1.54) is 12.1 Å². The molecule has 1 aromatic carbocycles. The van der Waals surface area contributed by atoms with Crippen LogP contribution in [-0.2, 0) is 9.53 Å². The van der Waals surface area contributed by atoms with Crippen molar-refractivity contribution in [1.82, 2.24) is 10.6 Å². The molecule has 1 aromatic rings. The summed E-state index contributed by atoms with van der Waals surface area (Å²) in [5, 5.41) is 6.26. The summed E-state index contributed by atoms with van der Waals surface area (Å²) < 4.78 is 18.0. The summed E-state index contributed by atoms with van der Waals surface area (Å²) in [6, 6.07) is 5.84. The zero-order valence-electron chi connectivity index (χ0n) is 11.0. The number of esters is 1. The number of carbonyl (C=O) groups is 1. The lowest BCUT2D eigenvalue weighted by Crippen LogP contribution is -2.41. The fraction of sp³-hybridized carbons (Fsp3) is 0.357. The molecule has 0 aliphatic carbocycles. The van der Waals surface area contributed by atoms with Gasteiger partial charge < -0.3 is 10.1 Å². The predicted octanol–water partition coefficient (Wildman–Crippen LogP) is 1.85. The zero-order chi connectivity index (χ0) is 13.8. The summed E-state index contributed by atoms with van der Waals surface area (Å²) in [5.41, 5.74) is 2.16. The van der Waals surface area contributed by atoms with Crippen LogP contribution in [0.1, 0.15) is 25.5 Å². The van der Waals surface area contributed by atoms with Gasteiger partial charge in [0.15, 0.2) is 0 Å². The van der Waals surface area contributed by atoms with Crippen LogP contribution in [-0.4, -0.2) is 19.2 Å². The van der Waals surface area contributed by atoms with Gasteiger partial charge in [0.25, 0.3) is 0 Å². The number of carbonyl (C=O) groups excluding carboxylic acids is 1. The number of rotatable bonds is 3. The van der Waals surface area contributed by atoms with E-state index in [2.05, 4.69) is 10.6 Å². The molecule has 2 N–H and O–H groups in total. The van der Waals surface area contributed by atoms with Crippen molar-refractivity contribution in [2.45, 2.75) is 19.9 Å². The molecule has 0 radical (unpaired) electrons. The second kappa shape index (κ2) is 5.84. The maximum atomic E-state index is 13.0. The highest BCUT2D eigenvalue weighted by Gasteiger charge is 2.28. The molecule has 0 bridgehead atoms. The van der Waals surface area contributed by atoms with Crippen molar-refractivity contribution in [1.29, 1.82) is 0 Å². The Morgan fingerprint density at radius 1 is 1.42 bits per heavy atom. The van der Waals surface area contributed by atoms with Gasteiger partial charge in [0, 0.05) is 5.70 Å². The van der Waals surface area contributed by atoms with E-state index in [-0.39, 0.29) is 17.8 Å². The minimum absolute atomic E-state index is 0.277. The van der Waals surface area contributed by atoms with Crippen molar-refractivity contribution in [3.63, 3.8) is 0 Å². The van der Waals surface area contributed by atoms with Gasteiger partial charge in [-0.2, -0.15) is 0 Å². The smallest absolute Gasteiger partial charge is 0.337 e. The average molecular weight is 264 g/mol. The Kier molecular flexibility index (Phi) is 4.16. The molecule has 102 valence electrons. The van der Waals surface area contributed by atoms with E-state index >= 15 is 0 Å². The van der Waals surface area contributed by atoms with E-state index < -0.39 is 0 Å². The SMILES string of the molecule is CCOC(=O)C1=C(C)NCNC1c1ccc(F)cc1. The lowest BCUT2D eigenvalue weighted by atomic mass is 9.96. The van der Waals surface area contributed by atoms with Crippen LogP contribution in [0.3, 0.4) is 0 Å². The summed E-state index contributed by atoms with van der Waals surface area (Å²) in [5.74, 6) is -0.648. The molecule has 1 aliphatic heterocycles. The molecular formula is C14H17FN2O2. The molecule has 1 aliphatic rings. The van der Waals surface area contributed by atoms with Gasteiger partial charge in [0.2, 0.25) is 0 Å². The molecule has 0 saturated carbocycles. The summed E-state index contributed by atoms with van der Waals surface area (Å²) in [7, 11) is 0. The lowest BCUT2D eigenvalue weighted by molar-refractivity contribution is -0.139. The number of hydrogen-bond acceptors (Lipinski definition) is 4. The van der Waals surface area contributed by atoms with E-state index in [0.29, 0.717) is 18.8 Å². The van der Waals surface area contributed by atoms with Crippen LogP contribution in [0.15, 0.2) is 35.5 Å². The Labute approximate surface area is 111 Å². The lowest BCUT2D eigenvalue weighted by Gasteiger charge is -2.28. The molecule has 4 nitrogen and oxygen atoms in total. The van der Waals surface area contributed by atoms with E-state index in [9.17, 15) is 9.18 Å². The second-order valence-electron chi connectivity index (χ2n) is 4.30. The van der Waals surface area contributed by atoms with Crippen molar-refractivity contribution >= 4 is 5.97 Å². The molecule has 0 spiro atoms. The van der Waals surface area contributed by atoms with Crippen molar-refractivity contribution in [3.05, 3.63) is 46.9 Å². The number of halogens is 1. The van der Waals surface area contributed by atoms with Gasteiger partial charge in [-0.15, -0.1) is 0 Å². The third-order valence-electron chi connectivity index (χ3n) is 3.05. The minimum atomic E-state index is -0.353. The normalized spacial score (nSPS) is 19.0. The molecule has 1 heterocycles. The second-order valence-corrected chi connectivity index (χ2v) is 4.30. The van der Waals surface area contributed by atoms with Crippen molar-refractivity contribution in [2.75, 3.05) is 13.3 Å². The molecule has 0 aromatic heterocycles. The summed E-state index contributed by atoms with van der Waals surface area (Å²) in [6.45, 7) is 4.48. The molecule has 5 heteroatoms. The largest absolute Gasteiger partial charge is 0.463 e. The highest BCUT2D eigenvalue weighted by atomic mass is 19.1. The Bertz CT molecular complexity index is 497. The molecule has 0 saturated heterocycles. The molecule has 2 rings (SSSR count). The molecular weight excluding hydrogens is 247 g/mol. The molecule has 0 amide bonds. The highest BCUT2D eigenvalue weighted by Crippen LogP contribution is 2.27. The van der Waals surface area contributed by atoms with Crippen LogP contribution in [0.25, 0.3) is 0 Å². The van der Waals surface area contributed by atoms with Crippen molar-refractivity contribution in [2.24, 2.45) is 0 Å². The Morgan fingerprint density at radius 3 is 2.74 bits per heavy atom. The number of ether oxygens (including phenoxy) is 1. The van der Waals surface area contributed by atoms with Gasteiger partial charge in [0.05, 0.1) is 24.9 Å². The van der Waals surface area contributed by atoms with E-state index in [4.69, 9.17) is 4.74 Å². The van der Waals surface area contributed by atoms with Crippen LogP contribution >= 0.6 is 0 Å². The topological polar surface area (TPSA) is 50.4 Å². The van der Waals surface area contributed by atoms with Gasteiger partial charge >= 0.3 is 5.97 Å². The number of benzene rings is 1. The number of nitrogens with one attached hydrogen (secondary N) is 2. The van der Waals surface area contributed by atoms with Crippen LogP contribution in [0.2, 0.25) is 0 Å². The highest BCUT2D eigenvalue weighted by molar-refractivity contribution is 5.91. The fourth-order valence-corrected chi connectivity index (χ4v) is 2.12. The monoisotopic (exact) mass is 264 g/mol. The first-order chi connectivity index (χ1) is 9.13. The first-order valence-electron chi connectivity index (χ1n) is 6.24. The fourth-order valence-electron chi connectivity index (χ4n) is 2.12. The summed E-state index contributed by atoms with van der Waals surface area (Å²) >= 11 is 0. The number of hydrogen-bond donors (Lipinski definition) is 2. The third kappa shape index (κ3) is 2.93. The number of allylic oxidation sites excluding steroid dienone is 1. The van der Waals surface area contributed by atoms with Crippen LogP contribution < -0.4 is 10.6 Å². The van der Waals surface area contributed by atoms with E-state index in [1.54, 1.807) is 19.1 Å². The van der Waals surface area contributed by atoms with Gasteiger partial charge in [-0.05, 0) is 31.5 Å². The first-order valence-corrected chi connectivity index (χ1v) is 6.24. The van der Waals surface area contributed by atoms with Gasteiger partial charge in [-0.1, -0.05) is 12.1 Å². The van der Waals surface area contributed by atoms with Gasteiger partial charge in [-0.3, -0.25) is 5.32 Å². The Balaban J connectivity index is 2.34. The molecule has 19 heavy (non-hydrogen) atoms. The quantitative estimate of drug-likeness (QED) is 0.818. The standard InChI is InChI=1S/C14H17FN2O2/c1-3-19-14(18)12-9(2)16-8-17-13(12)10-4-6-11(15)7-5-10/h4-7,13,16-17H,3,8H2,1-2H3. The molecule has 1 atom stereocenters. The van der Waals surface area contributed by atoms with E-state index in [0.717, 1.165) is 11.3 Å². The Morgan fingerprint density at radius 2 is 2.11 bits per heavy atom. The predicted molar refractivity (Wildman–Crippen MR) is 69.6 cm³/mol. The van der Waals surface area contributed by atoms with E-state index in [1.807, 2.05) is 6.92 Å². The zero-order valence-corrected chi connectivity index (χ0v) is 11.0. The molecule has 0 fully saturated rings. The van der Waals surface area contributed by atoms with Crippen molar-refractivity contribution < 1.29 is 13.9 Å². The Hall–Kier alpha value is -1.88. The molecule has 1 unspecified atom stereocenters. The first kappa shape index (κ1) is 13.5. The van der Waals surface area contributed by atoms with Crippen LogP contribution in [0.4, 0.5) is 4.39 Å². The van der Waals surface area contributed by atoms with Gasteiger partial charge in [0.1, 0.15) is 5.82 Å². The minimum Gasteiger partial charge on any atom is -0.463 e. The summed E-state index contributed by atoms with van der Waals surface area (Å²) in [4.78, 5) is 12.0.